The van der Waals surface area contributed by atoms with Gasteiger partial charge in [-0.1, -0.05) is 0 Å². The van der Waals surface area contributed by atoms with E-state index in [4.69, 9.17) is 13.9 Å². The standard InChI is InChI=1S/C19H22O7/c1-6-24-18(21)12(4)25-15-8-7-13-10(2)14(9-16(20)23-5)19(22)26-17(13)11(15)3/h7-8,12H,6,9H2,1-5H3/t12-/m0/s1. The Hall–Kier alpha value is -2.83. The van der Waals surface area contributed by atoms with Crippen LogP contribution in [0.3, 0.4) is 0 Å². The summed E-state index contributed by atoms with van der Waals surface area (Å²) in [5.74, 6) is -0.570. The Morgan fingerprint density at radius 3 is 2.50 bits per heavy atom. The topological polar surface area (TPSA) is 92.0 Å². The quantitative estimate of drug-likeness (QED) is 0.576. The minimum atomic E-state index is -0.794. The fourth-order valence-corrected chi connectivity index (χ4v) is 2.62. The number of carbonyl (C=O) groups is 2. The molecule has 0 spiro atoms. The Kier molecular flexibility index (Phi) is 6.02. The highest BCUT2D eigenvalue weighted by Crippen LogP contribution is 2.30. The van der Waals surface area contributed by atoms with Crippen LogP contribution in [0.2, 0.25) is 0 Å². The number of fused-ring (bicyclic) bond motifs is 1. The summed E-state index contributed by atoms with van der Waals surface area (Å²) >= 11 is 0. The number of esters is 2. The van der Waals surface area contributed by atoms with Gasteiger partial charge in [0.1, 0.15) is 11.3 Å². The number of ether oxygens (including phenoxy) is 3. The molecule has 1 atom stereocenters. The van der Waals surface area contributed by atoms with Gasteiger partial charge in [-0.05, 0) is 45.4 Å². The van der Waals surface area contributed by atoms with E-state index in [9.17, 15) is 14.4 Å². The second-order valence-electron chi connectivity index (χ2n) is 5.82. The molecule has 7 nitrogen and oxygen atoms in total. The van der Waals surface area contributed by atoms with Gasteiger partial charge >= 0.3 is 17.6 Å². The van der Waals surface area contributed by atoms with Gasteiger partial charge in [-0.25, -0.2) is 9.59 Å². The summed E-state index contributed by atoms with van der Waals surface area (Å²) in [6, 6.07) is 3.43. The Balaban J connectivity index is 2.46. The highest BCUT2D eigenvalue weighted by molar-refractivity contribution is 5.87. The van der Waals surface area contributed by atoms with Crippen LogP contribution in [-0.4, -0.2) is 31.8 Å². The van der Waals surface area contributed by atoms with Gasteiger partial charge in [0.05, 0.1) is 25.7 Å². The predicted octanol–water partition coefficient (Wildman–Crippen LogP) is 2.46. The molecule has 0 aliphatic rings. The van der Waals surface area contributed by atoms with Crippen molar-refractivity contribution in [3.05, 3.63) is 39.2 Å². The predicted molar refractivity (Wildman–Crippen MR) is 94.4 cm³/mol. The van der Waals surface area contributed by atoms with E-state index in [1.807, 2.05) is 0 Å². The number of aryl methyl sites for hydroxylation is 2. The molecule has 2 rings (SSSR count). The van der Waals surface area contributed by atoms with Crippen molar-refractivity contribution in [2.24, 2.45) is 0 Å². The first-order valence-corrected chi connectivity index (χ1v) is 8.26. The number of benzene rings is 1. The first kappa shape index (κ1) is 19.5. The van der Waals surface area contributed by atoms with E-state index in [1.165, 1.54) is 7.11 Å². The van der Waals surface area contributed by atoms with Crippen molar-refractivity contribution in [3.8, 4) is 5.75 Å². The fraction of sp³-hybridized carbons (Fsp3) is 0.421. The van der Waals surface area contributed by atoms with E-state index < -0.39 is 23.7 Å². The molecule has 0 aliphatic heterocycles. The highest BCUT2D eigenvalue weighted by atomic mass is 16.6. The Labute approximate surface area is 150 Å². The number of hydrogen-bond acceptors (Lipinski definition) is 7. The zero-order chi connectivity index (χ0) is 19.4. The van der Waals surface area contributed by atoms with Gasteiger partial charge in [0.25, 0.3) is 0 Å². The van der Waals surface area contributed by atoms with Gasteiger partial charge in [-0.2, -0.15) is 0 Å². The van der Waals surface area contributed by atoms with Crippen LogP contribution in [0.5, 0.6) is 5.75 Å². The average molecular weight is 362 g/mol. The SMILES string of the molecule is CCOC(=O)[C@H](C)Oc1ccc2c(C)c(CC(=O)OC)c(=O)oc2c1C. The van der Waals surface area contributed by atoms with Gasteiger partial charge in [-0.15, -0.1) is 0 Å². The van der Waals surface area contributed by atoms with Gasteiger partial charge in [0, 0.05) is 10.9 Å². The number of carbonyl (C=O) groups excluding carboxylic acids is 2. The van der Waals surface area contributed by atoms with Crippen LogP contribution in [0.25, 0.3) is 11.0 Å². The van der Waals surface area contributed by atoms with Crippen molar-refractivity contribution in [3.63, 3.8) is 0 Å². The molecule has 0 radical (unpaired) electrons. The van der Waals surface area contributed by atoms with E-state index in [-0.39, 0.29) is 18.6 Å². The van der Waals surface area contributed by atoms with Crippen molar-refractivity contribution in [1.29, 1.82) is 0 Å². The lowest BCUT2D eigenvalue weighted by molar-refractivity contribution is -0.150. The molecule has 0 saturated carbocycles. The van der Waals surface area contributed by atoms with Crippen molar-refractivity contribution in [2.75, 3.05) is 13.7 Å². The summed E-state index contributed by atoms with van der Waals surface area (Å²) in [5.41, 5.74) is 1.25. The molecular formula is C19H22O7. The molecule has 140 valence electrons. The van der Waals surface area contributed by atoms with Gasteiger partial charge in [0.15, 0.2) is 6.10 Å². The van der Waals surface area contributed by atoms with Crippen LogP contribution in [-0.2, 0) is 25.5 Å². The van der Waals surface area contributed by atoms with E-state index >= 15 is 0 Å². The molecule has 0 amide bonds. The Morgan fingerprint density at radius 1 is 1.19 bits per heavy atom. The number of hydrogen-bond donors (Lipinski definition) is 0. The molecule has 2 aromatic rings. The molecule has 0 unspecified atom stereocenters. The van der Waals surface area contributed by atoms with Gasteiger partial charge < -0.3 is 18.6 Å². The van der Waals surface area contributed by atoms with Crippen molar-refractivity contribution in [1.82, 2.24) is 0 Å². The smallest absolute Gasteiger partial charge is 0.347 e. The van der Waals surface area contributed by atoms with Crippen LogP contribution in [0.4, 0.5) is 0 Å². The van der Waals surface area contributed by atoms with Crippen LogP contribution < -0.4 is 10.4 Å². The summed E-state index contributed by atoms with van der Waals surface area (Å²) < 4.78 is 20.6. The van der Waals surface area contributed by atoms with E-state index in [2.05, 4.69) is 4.74 Å². The lowest BCUT2D eigenvalue weighted by atomic mass is 10.0. The average Bonchev–Trinajstić information content (AvgIpc) is 2.61. The van der Waals surface area contributed by atoms with Gasteiger partial charge in [0.2, 0.25) is 0 Å². The van der Waals surface area contributed by atoms with Crippen molar-refractivity contribution >= 4 is 22.9 Å². The third-order valence-corrected chi connectivity index (χ3v) is 4.13. The molecule has 26 heavy (non-hydrogen) atoms. The molecule has 7 heteroatoms. The Bertz CT molecular complexity index is 895. The monoisotopic (exact) mass is 362 g/mol. The summed E-state index contributed by atoms with van der Waals surface area (Å²) in [5, 5.41) is 0.692. The normalized spacial score (nSPS) is 11.9. The Morgan fingerprint density at radius 2 is 1.88 bits per heavy atom. The van der Waals surface area contributed by atoms with Crippen molar-refractivity contribution in [2.45, 2.75) is 40.2 Å². The van der Waals surface area contributed by atoms with Crippen LogP contribution >= 0.6 is 0 Å². The third-order valence-electron chi connectivity index (χ3n) is 4.13. The first-order valence-electron chi connectivity index (χ1n) is 8.26. The highest BCUT2D eigenvalue weighted by Gasteiger charge is 2.20. The van der Waals surface area contributed by atoms with Crippen LogP contribution in [0, 0.1) is 13.8 Å². The second-order valence-corrected chi connectivity index (χ2v) is 5.82. The second kappa shape index (κ2) is 8.03. The molecule has 0 bridgehead atoms. The van der Waals surface area contributed by atoms with Crippen LogP contribution in [0.1, 0.15) is 30.5 Å². The molecular weight excluding hydrogens is 340 g/mol. The van der Waals surface area contributed by atoms with E-state index in [1.54, 1.807) is 39.8 Å². The zero-order valence-electron chi connectivity index (χ0n) is 15.5. The fourth-order valence-electron chi connectivity index (χ4n) is 2.62. The molecule has 1 aromatic carbocycles. The molecule has 0 aliphatic carbocycles. The lowest BCUT2D eigenvalue weighted by Crippen LogP contribution is -2.26. The molecule has 0 fully saturated rings. The minimum absolute atomic E-state index is 0.155. The van der Waals surface area contributed by atoms with E-state index in [0.29, 0.717) is 27.8 Å². The minimum Gasteiger partial charge on any atom is -0.479 e. The maximum absolute atomic E-state index is 12.3. The lowest BCUT2D eigenvalue weighted by Gasteiger charge is -2.16. The molecule has 1 heterocycles. The summed E-state index contributed by atoms with van der Waals surface area (Å²) in [6.07, 6.45) is -0.949. The molecule has 0 N–H and O–H groups in total. The largest absolute Gasteiger partial charge is 0.479 e. The summed E-state index contributed by atoms with van der Waals surface area (Å²) in [4.78, 5) is 35.6. The summed E-state index contributed by atoms with van der Waals surface area (Å²) in [6.45, 7) is 7.05. The van der Waals surface area contributed by atoms with Crippen molar-refractivity contribution < 1.29 is 28.2 Å². The molecule has 0 saturated heterocycles. The van der Waals surface area contributed by atoms with Gasteiger partial charge in [-0.3, -0.25) is 4.79 Å². The third kappa shape index (κ3) is 3.87. The maximum Gasteiger partial charge on any atom is 0.347 e. The zero-order valence-corrected chi connectivity index (χ0v) is 15.5. The number of methoxy groups -OCH3 is 1. The first-order chi connectivity index (χ1) is 12.3. The maximum atomic E-state index is 12.3. The number of rotatable bonds is 6. The van der Waals surface area contributed by atoms with Crippen LogP contribution in [0.15, 0.2) is 21.3 Å². The summed E-state index contributed by atoms with van der Waals surface area (Å²) in [7, 11) is 1.26. The molecule has 1 aromatic heterocycles. The van der Waals surface area contributed by atoms with E-state index in [0.717, 1.165) is 0 Å².